The lowest BCUT2D eigenvalue weighted by atomic mass is 10.1. The molecule has 0 aliphatic carbocycles. The summed E-state index contributed by atoms with van der Waals surface area (Å²) >= 11 is 1.24. The molecule has 0 saturated heterocycles. The first-order chi connectivity index (χ1) is 15.0. The highest BCUT2D eigenvalue weighted by Crippen LogP contribution is 2.20. The second-order valence-corrected chi connectivity index (χ2v) is 7.45. The molecule has 160 valence electrons. The van der Waals surface area contributed by atoms with Gasteiger partial charge in [-0.15, -0.1) is 16.8 Å². The lowest BCUT2D eigenvalue weighted by molar-refractivity contribution is -0.113. The van der Waals surface area contributed by atoms with Crippen molar-refractivity contribution in [3.63, 3.8) is 0 Å². The van der Waals surface area contributed by atoms with E-state index in [9.17, 15) is 14.0 Å². The lowest BCUT2D eigenvalue weighted by Crippen LogP contribution is -2.15. The fraction of sp³-hybridized carbons (Fsp3) is 0.182. The summed E-state index contributed by atoms with van der Waals surface area (Å²) in [5.41, 5.74) is 1.19. The normalized spacial score (nSPS) is 10.5. The number of nitrogens with one attached hydrogen (secondary N) is 1. The quantitative estimate of drug-likeness (QED) is 0.290. The number of nitrogens with zero attached hydrogens (tertiary/aromatic N) is 3. The largest absolute Gasteiger partial charge is 0.486 e. The van der Waals surface area contributed by atoms with Gasteiger partial charge in [0.2, 0.25) is 5.91 Å². The van der Waals surface area contributed by atoms with Crippen molar-refractivity contribution in [3.8, 4) is 5.75 Å². The number of ether oxygens (including phenoxy) is 1. The summed E-state index contributed by atoms with van der Waals surface area (Å²) in [6, 6.07) is 12.4. The fourth-order valence-electron chi connectivity index (χ4n) is 2.64. The number of halogens is 1. The van der Waals surface area contributed by atoms with Crippen LogP contribution in [0.3, 0.4) is 0 Å². The van der Waals surface area contributed by atoms with Crippen molar-refractivity contribution in [3.05, 3.63) is 78.4 Å². The van der Waals surface area contributed by atoms with Crippen LogP contribution in [0.25, 0.3) is 0 Å². The third kappa shape index (κ3) is 6.26. The van der Waals surface area contributed by atoms with Gasteiger partial charge in [-0.25, -0.2) is 4.39 Å². The summed E-state index contributed by atoms with van der Waals surface area (Å²) in [5, 5.41) is 11.6. The predicted molar refractivity (Wildman–Crippen MR) is 117 cm³/mol. The van der Waals surface area contributed by atoms with Crippen molar-refractivity contribution in [2.75, 3.05) is 11.1 Å². The number of ketones is 1. The van der Waals surface area contributed by atoms with Gasteiger partial charge in [0.15, 0.2) is 16.8 Å². The maximum Gasteiger partial charge on any atom is 0.234 e. The van der Waals surface area contributed by atoms with Crippen LogP contribution < -0.4 is 10.1 Å². The van der Waals surface area contributed by atoms with Crippen LogP contribution in [0.5, 0.6) is 5.75 Å². The zero-order valence-corrected chi connectivity index (χ0v) is 17.7. The molecule has 0 saturated carbocycles. The monoisotopic (exact) mass is 440 g/mol. The van der Waals surface area contributed by atoms with Crippen molar-refractivity contribution < 1.29 is 18.7 Å². The van der Waals surface area contributed by atoms with Crippen molar-refractivity contribution in [2.45, 2.75) is 25.2 Å². The van der Waals surface area contributed by atoms with E-state index in [1.54, 1.807) is 34.9 Å². The lowest BCUT2D eigenvalue weighted by Gasteiger charge is -2.09. The average molecular weight is 441 g/mol. The topological polar surface area (TPSA) is 86.1 Å². The Kier molecular flexibility index (Phi) is 7.55. The Morgan fingerprint density at radius 1 is 1.16 bits per heavy atom. The number of carbonyl (C=O) groups is 2. The Labute approximate surface area is 183 Å². The molecule has 1 heterocycles. The second kappa shape index (κ2) is 10.5. The van der Waals surface area contributed by atoms with E-state index in [1.165, 1.54) is 43.0 Å². The first kappa shape index (κ1) is 22.2. The number of hydrogen-bond acceptors (Lipinski definition) is 6. The number of rotatable bonds is 10. The smallest absolute Gasteiger partial charge is 0.234 e. The fourth-order valence-corrected chi connectivity index (χ4v) is 3.41. The van der Waals surface area contributed by atoms with Gasteiger partial charge in [-0.3, -0.25) is 14.2 Å². The summed E-state index contributed by atoms with van der Waals surface area (Å²) in [5.74, 6) is 0.620. The minimum atomic E-state index is -0.339. The van der Waals surface area contributed by atoms with Crippen LogP contribution in [0.1, 0.15) is 23.1 Å². The molecule has 31 heavy (non-hydrogen) atoms. The van der Waals surface area contributed by atoms with E-state index in [-0.39, 0.29) is 29.9 Å². The summed E-state index contributed by atoms with van der Waals surface area (Å²) in [6.45, 7) is 5.82. The molecule has 9 heteroatoms. The van der Waals surface area contributed by atoms with Gasteiger partial charge in [-0.2, -0.15) is 0 Å². The molecule has 0 aliphatic heterocycles. The molecule has 1 amide bonds. The molecule has 7 nitrogen and oxygen atoms in total. The molecular formula is C22H21FN4O3S. The molecule has 3 rings (SSSR count). The van der Waals surface area contributed by atoms with Gasteiger partial charge in [0.05, 0.1) is 5.75 Å². The molecule has 1 N–H and O–H groups in total. The van der Waals surface area contributed by atoms with Gasteiger partial charge in [0.1, 0.15) is 18.2 Å². The first-order valence-electron chi connectivity index (χ1n) is 9.41. The van der Waals surface area contributed by atoms with E-state index >= 15 is 0 Å². The van der Waals surface area contributed by atoms with E-state index in [4.69, 9.17) is 4.74 Å². The van der Waals surface area contributed by atoms with Crippen LogP contribution in [0.4, 0.5) is 10.1 Å². The number of anilines is 1. The van der Waals surface area contributed by atoms with Gasteiger partial charge < -0.3 is 10.1 Å². The number of aromatic nitrogens is 3. The molecule has 0 unspecified atom stereocenters. The summed E-state index contributed by atoms with van der Waals surface area (Å²) in [6.07, 6.45) is 1.70. The second-order valence-electron chi connectivity index (χ2n) is 6.51. The molecule has 0 atom stereocenters. The number of amides is 1. The van der Waals surface area contributed by atoms with E-state index < -0.39 is 0 Å². The Balaban J connectivity index is 1.58. The average Bonchev–Trinajstić information content (AvgIpc) is 3.14. The number of hydrogen-bond donors (Lipinski definition) is 1. The summed E-state index contributed by atoms with van der Waals surface area (Å²) < 4.78 is 20.5. The van der Waals surface area contributed by atoms with Crippen LogP contribution in [-0.2, 0) is 17.9 Å². The summed E-state index contributed by atoms with van der Waals surface area (Å²) in [7, 11) is 0. The van der Waals surface area contributed by atoms with Crippen LogP contribution >= 0.6 is 11.8 Å². The highest BCUT2D eigenvalue weighted by Gasteiger charge is 2.14. The highest BCUT2D eigenvalue weighted by molar-refractivity contribution is 7.99. The number of carbonyl (C=O) groups excluding carboxylic acids is 2. The van der Waals surface area contributed by atoms with Crippen LogP contribution in [0, 0.1) is 5.82 Å². The van der Waals surface area contributed by atoms with Gasteiger partial charge in [0.25, 0.3) is 0 Å². The van der Waals surface area contributed by atoms with E-state index in [1.807, 2.05) is 0 Å². The Morgan fingerprint density at radius 2 is 1.87 bits per heavy atom. The Hall–Kier alpha value is -3.46. The predicted octanol–water partition coefficient (Wildman–Crippen LogP) is 4.12. The molecule has 0 radical (unpaired) electrons. The molecule has 2 aromatic carbocycles. The van der Waals surface area contributed by atoms with E-state index in [0.29, 0.717) is 34.5 Å². The standard InChI is InChI=1S/C22H21FN4O3S/c1-3-12-27-20(13-30-19-10-6-17(23)7-11-19)25-26-22(27)31-14-21(29)24-18-8-4-16(5-9-18)15(2)28/h3-11H,1,12-14H2,2H3,(H,24,29). The van der Waals surface area contributed by atoms with Gasteiger partial charge in [-0.05, 0) is 55.5 Å². The summed E-state index contributed by atoms with van der Waals surface area (Å²) in [4.78, 5) is 23.6. The number of benzene rings is 2. The molecule has 1 aromatic heterocycles. The highest BCUT2D eigenvalue weighted by atomic mass is 32.2. The maximum atomic E-state index is 13.0. The zero-order chi connectivity index (χ0) is 22.2. The maximum absolute atomic E-state index is 13.0. The number of thioether (sulfide) groups is 1. The Morgan fingerprint density at radius 3 is 2.52 bits per heavy atom. The third-order valence-corrected chi connectivity index (χ3v) is 5.16. The van der Waals surface area contributed by atoms with Crippen molar-refractivity contribution in [1.82, 2.24) is 14.8 Å². The number of Topliss-reactive ketones (excluding diaryl/α,β-unsaturated/α-hetero) is 1. The van der Waals surface area contributed by atoms with Gasteiger partial charge >= 0.3 is 0 Å². The van der Waals surface area contributed by atoms with Gasteiger partial charge in [-0.1, -0.05) is 17.8 Å². The van der Waals surface area contributed by atoms with Crippen LogP contribution in [0.15, 0.2) is 66.3 Å². The SMILES string of the molecule is C=CCn1c(COc2ccc(F)cc2)nnc1SCC(=O)Nc1ccc(C(C)=O)cc1. The van der Waals surface area contributed by atoms with Crippen molar-refractivity contribution >= 4 is 29.1 Å². The van der Waals surface area contributed by atoms with E-state index in [2.05, 4.69) is 22.1 Å². The minimum absolute atomic E-state index is 0.0331. The van der Waals surface area contributed by atoms with Crippen molar-refractivity contribution in [2.24, 2.45) is 0 Å². The molecule has 0 bridgehead atoms. The third-order valence-electron chi connectivity index (χ3n) is 4.19. The van der Waals surface area contributed by atoms with Gasteiger partial charge in [0, 0.05) is 17.8 Å². The minimum Gasteiger partial charge on any atom is -0.486 e. The number of allylic oxidation sites excluding steroid dienone is 1. The van der Waals surface area contributed by atoms with Crippen molar-refractivity contribution in [1.29, 1.82) is 0 Å². The molecule has 0 aliphatic rings. The molecule has 0 spiro atoms. The van der Waals surface area contributed by atoms with Crippen LogP contribution in [-0.4, -0.2) is 32.2 Å². The van der Waals surface area contributed by atoms with E-state index in [0.717, 1.165) is 0 Å². The Bertz CT molecular complexity index is 1070. The first-order valence-corrected chi connectivity index (χ1v) is 10.4. The van der Waals surface area contributed by atoms with Crippen LogP contribution in [0.2, 0.25) is 0 Å². The molecule has 3 aromatic rings. The zero-order valence-electron chi connectivity index (χ0n) is 16.9. The molecule has 0 fully saturated rings. The molecular weight excluding hydrogens is 419 g/mol.